The highest BCUT2D eigenvalue weighted by atomic mass is 15.1. The van der Waals surface area contributed by atoms with E-state index in [1.807, 2.05) is 0 Å². The summed E-state index contributed by atoms with van der Waals surface area (Å²) in [6.45, 7) is 13.5. The number of likely N-dealkylation sites (tertiary alicyclic amines) is 2. The molecule has 106 valence electrons. The number of rotatable bonds is 5. The SMILES string of the molecule is CCN1CCCC(NCC2CCN(CC)C2)CC1. The normalized spacial score (nSPS) is 31.7. The first-order valence-electron chi connectivity index (χ1n) is 8.00. The Morgan fingerprint density at radius 3 is 2.44 bits per heavy atom. The van der Waals surface area contributed by atoms with Crippen LogP contribution in [-0.4, -0.2) is 61.7 Å². The Kier molecular flexibility index (Phi) is 5.93. The molecular formula is C15H31N3. The summed E-state index contributed by atoms with van der Waals surface area (Å²) in [5.41, 5.74) is 0. The van der Waals surface area contributed by atoms with Crippen LogP contribution in [0.25, 0.3) is 0 Å². The second-order valence-corrected chi connectivity index (χ2v) is 6.02. The second kappa shape index (κ2) is 7.46. The molecule has 0 radical (unpaired) electrons. The van der Waals surface area contributed by atoms with Gasteiger partial charge in [0.2, 0.25) is 0 Å². The summed E-state index contributed by atoms with van der Waals surface area (Å²) in [6, 6.07) is 0.775. The lowest BCUT2D eigenvalue weighted by molar-refractivity contribution is 0.295. The zero-order valence-corrected chi connectivity index (χ0v) is 12.3. The molecule has 2 aliphatic rings. The maximum Gasteiger partial charge on any atom is 0.00798 e. The summed E-state index contributed by atoms with van der Waals surface area (Å²) in [5.74, 6) is 0.899. The van der Waals surface area contributed by atoms with Crippen molar-refractivity contribution in [1.82, 2.24) is 15.1 Å². The van der Waals surface area contributed by atoms with Crippen molar-refractivity contribution >= 4 is 0 Å². The van der Waals surface area contributed by atoms with Crippen molar-refractivity contribution in [2.45, 2.75) is 45.6 Å². The number of nitrogens with zero attached hydrogens (tertiary/aromatic N) is 2. The van der Waals surface area contributed by atoms with Gasteiger partial charge in [0.05, 0.1) is 0 Å². The lowest BCUT2D eigenvalue weighted by Gasteiger charge is -2.20. The minimum atomic E-state index is 0.775. The van der Waals surface area contributed by atoms with Crippen molar-refractivity contribution in [3.63, 3.8) is 0 Å². The van der Waals surface area contributed by atoms with Crippen LogP contribution in [0.4, 0.5) is 0 Å². The van der Waals surface area contributed by atoms with Crippen molar-refractivity contribution in [3.05, 3.63) is 0 Å². The number of nitrogens with one attached hydrogen (secondary N) is 1. The van der Waals surface area contributed by atoms with E-state index >= 15 is 0 Å². The molecule has 0 amide bonds. The third-order valence-electron chi connectivity index (χ3n) is 4.78. The quantitative estimate of drug-likeness (QED) is 0.806. The molecule has 0 aromatic heterocycles. The Labute approximate surface area is 113 Å². The average Bonchev–Trinajstić information content (AvgIpc) is 2.74. The molecule has 2 heterocycles. The van der Waals surface area contributed by atoms with Gasteiger partial charge in [-0.2, -0.15) is 0 Å². The maximum atomic E-state index is 3.84. The maximum absolute atomic E-state index is 3.84. The minimum Gasteiger partial charge on any atom is -0.314 e. The van der Waals surface area contributed by atoms with Crippen LogP contribution in [0.2, 0.25) is 0 Å². The van der Waals surface area contributed by atoms with Crippen LogP contribution in [-0.2, 0) is 0 Å². The van der Waals surface area contributed by atoms with Crippen molar-refractivity contribution in [3.8, 4) is 0 Å². The molecule has 0 aliphatic carbocycles. The summed E-state index contributed by atoms with van der Waals surface area (Å²) in [5, 5.41) is 3.84. The number of hydrogen-bond donors (Lipinski definition) is 1. The first-order valence-corrected chi connectivity index (χ1v) is 8.00. The Morgan fingerprint density at radius 2 is 1.72 bits per heavy atom. The zero-order chi connectivity index (χ0) is 12.8. The Morgan fingerprint density at radius 1 is 0.944 bits per heavy atom. The molecule has 3 nitrogen and oxygen atoms in total. The Balaban J connectivity index is 1.64. The molecule has 3 heteroatoms. The summed E-state index contributed by atoms with van der Waals surface area (Å²) in [6.07, 6.45) is 5.49. The molecule has 0 saturated carbocycles. The van der Waals surface area contributed by atoms with Gasteiger partial charge in [-0.05, 0) is 70.9 Å². The van der Waals surface area contributed by atoms with Gasteiger partial charge in [0, 0.05) is 12.6 Å². The molecule has 18 heavy (non-hydrogen) atoms. The van der Waals surface area contributed by atoms with E-state index in [2.05, 4.69) is 29.0 Å². The van der Waals surface area contributed by atoms with Gasteiger partial charge < -0.3 is 15.1 Å². The van der Waals surface area contributed by atoms with Crippen LogP contribution in [0.5, 0.6) is 0 Å². The molecule has 0 spiro atoms. The topological polar surface area (TPSA) is 18.5 Å². The van der Waals surface area contributed by atoms with Crippen molar-refractivity contribution in [2.75, 3.05) is 45.8 Å². The van der Waals surface area contributed by atoms with E-state index in [1.54, 1.807) is 0 Å². The predicted molar refractivity (Wildman–Crippen MR) is 78.0 cm³/mol. The predicted octanol–water partition coefficient (Wildman–Crippen LogP) is 1.79. The highest BCUT2D eigenvalue weighted by Gasteiger charge is 2.22. The zero-order valence-electron chi connectivity index (χ0n) is 12.3. The largest absolute Gasteiger partial charge is 0.314 e. The van der Waals surface area contributed by atoms with Gasteiger partial charge in [0.25, 0.3) is 0 Å². The molecule has 0 bridgehead atoms. The molecule has 0 aromatic carbocycles. The summed E-state index contributed by atoms with van der Waals surface area (Å²) in [4.78, 5) is 5.17. The fourth-order valence-electron chi connectivity index (χ4n) is 3.38. The fraction of sp³-hybridized carbons (Fsp3) is 1.00. The second-order valence-electron chi connectivity index (χ2n) is 6.02. The standard InChI is InChI=1S/C15H31N3/c1-3-17-9-5-6-15(8-11-17)16-12-14-7-10-18(4-2)13-14/h14-16H,3-13H2,1-2H3. The molecule has 0 aromatic rings. The molecule has 2 unspecified atom stereocenters. The smallest absolute Gasteiger partial charge is 0.00798 e. The van der Waals surface area contributed by atoms with Gasteiger partial charge in [-0.15, -0.1) is 0 Å². The van der Waals surface area contributed by atoms with Gasteiger partial charge in [0.1, 0.15) is 0 Å². The van der Waals surface area contributed by atoms with E-state index in [-0.39, 0.29) is 0 Å². The molecule has 1 N–H and O–H groups in total. The van der Waals surface area contributed by atoms with Crippen LogP contribution < -0.4 is 5.32 Å². The third-order valence-corrected chi connectivity index (χ3v) is 4.78. The molecule has 2 aliphatic heterocycles. The monoisotopic (exact) mass is 253 g/mol. The summed E-state index contributed by atoms with van der Waals surface area (Å²) < 4.78 is 0. The first-order chi connectivity index (χ1) is 8.81. The third kappa shape index (κ3) is 4.22. The number of hydrogen-bond acceptors (Lipinski definition) is 3. The molecule has 2 atom stereocenters. The van der Waals surface area contributed by atoms with E-state index in [9.17, 15) is 0 Å². The van der Waals surface area contributed by atoms with Crippen LogP contribution in [0, 0.1) is 5.92 Å². The molecular weight excluding hydrogens is 222 g/mol. The minimum absolute atomic E-state index is 0.775. The molecule has 2 saturated heterocycles. The van der Waals surface area contributed by atoms with Gasteiger partial charge in [-0.3, -0.25) is 0 Å². The van der Waals surface area contributed by atoms with Gasteiger partial charge >= 0.3 is 0 Å². The van der Waals surface area contributed by atoms with Crippen molar-refractivity contribution < 1.29 is 0 Å². The highest BCUT2D eigenvalue weighted by Crippen LogP contribution is 2.16. The van der Waals surface area contributed by atoms with Gasteiger partial charge in [0.15, 0.2) is 0 Å². The Hall–Kier alpha value is -0.120. The molecule has 2 fully saturated rings. The Bertz CT molecular complexity index is 232. The van der Waals surface area contributed by atoms with Crippen molar-refractivity contribution in [2.24, 2.45) is 5.92 Å². The van der Waals surface area contributed by atoms with E-state index in [0.29, 0.717) is 0 Å². The lowest BCUT2D eigenvalue weighted by atomic mass is 10.1. The van der Waals surface area contributed by atoms with E-state index in [0.717, 1.165) is 12.0 Å². The molecule has 2 rings (SSSR count). The van der Waals surface area contributed by atoms with Gasteiger partial charge in [-0.25, -0.2) is 0 Å². The summed E-state index contributed by atoms with van der Waals surface area (Å²) >= 11 is 0. The average molecular weight is 253 g/mol. The first kappa shape index (κ1) is 14.3. The van der Waals surface area contributed by atoms with Crippen LogP contribution >= 0.6 is 0 Å². The fourth-order valence-corrected chi connectivity index (χ4v) is 3.38. The lowest BCUT2D eigenvalue weighted by Crippen LogP contribution is -2.35. The highest BCUT2D eigenvalue weighted by molar-refractivity contribution is 4.80. The van der Waals surface area contributed by atoms with E-state index in [1.165, 1.54) is 71.5 Å². The van der Waals surface area contributed by atoms with Crippen LogP contribution in [0.3, 0.4) is 0 Å². The van der Waals surface area contributed by atoms with Crippen LogP contribution in [0.15, 0.2) is 0 Å². The summed E-state index contributed by atoms with van der Waals surface area (Å²) in [7, 11) is 0. The van der Waals surface area contributed by atoms with Crippen molar-refractivity contribution in [1.29, 1.82) is 0 Å². The van der Waals surface area contributed by atoms with Crippen LogP contribution in [0.1, 0.15) is 39.5 Å². The van der Waals surface area contributed by atoms with E-state index < -0.39 is 0 Å². The van der Waals surface area contributed by atoms with E-state index in [4.69, 9.17) is 0 Å². The van der Waals surface area contributed by atoms with Gasteiger partial charge in [-0.1, -0.05) is 13.8 Å².